The van der Waals surface area contributed by atoms with Crippen LogP contribution in [0.2, 0.25) is 0 Å². The van der Waals surface area contributed by atoms with E-state index in [1.165, 1.54) is 10.7 Å². The maximum absolute atomic E-state index is 11.4. The van der Waals surface area contributed by atoms with E-state index in [0.29, 0.717) is 13.1 Å². The number of hydrogen-bond acceptors (Lipinski definition) is 4. The Bertz CT molecular complexity index is 490. The SMILES string of the molecule is NCCn1nc(-c2cccs2)ccc1=O. The van der Waals surface area contributed by atoms with Gasteiger partial charge in [0.25, 0.3) is 5.56 Å². The first-order chi connectivity index (χ1) is 7.31. The van der Waals surface area contributed by atoms with E-state index < -0.39 is 0 Å². The Hall–Kier alpha value is -1.46. The maximum Gasteiger partial charge on any atom is 0.266 e. The molecular formula is C10H11N3OS. The summed E-state index contributed by atoms with van der Waals surface area (Å²) in [6, 6.07) is 7.20. The number of nitrogens with zero attached hydrogens (tertiary/aromatic N) is 2. The summed E-state index contributed by atoms with van der Waals surface area (Å²) in [5, 5.41) is 6.22. The smallest absolute Gasteiger partial charge is 0.266 e. The van der Waals surface area contributed by atoms with Crippen molar-refractivity contribution in [2.24, 2.45) is 5.73 Å². The van der Waals surface area contributed by atoms with Gasteiger partial charge < -0.3 is 5.73 Å². The van der Waals surface area contributed by atoms with Gasteiger partial charge in [-0.2, -0.15) is 5.10 Å². The minimum absolute atomic E-state index is 0.110. The fourth-order valence-corrected chi connectivity index (χ4v) is 1.98. The van der Waals surface area contributed by atoms with E-state index >= 15 is 0 Å². The second kappa shape index (κ2) is 4.37. The van der Waals surface area contributed by atoms with Gasteiger partial charge in [-0.3, -0.25) is 4.79 Å². The van der Waals surface area contributed by atoms with Crippen LogP contribution in [0, 0.1) is 0 Å². The minimum atomic E-state index is -0.110. The third kappa shape index (κ3) is 2.14. The zero-order valence-corrected chi connectivity index (χ0v) is 8.91. The van der Waals surface area contributed by atoms with E-state index in [1.54, 1.807) is 17.4 Å². The van der Waals surface area contributed by atoms with Crippen LogP contribution in [0.25, 0.3) is 10.6 Å². The molecule has 0 bridgehead atoms. The van der Waals surface area contributed by atoms with Crippen LogP contribution in [-0.4, -0.2) is 16.3 Å². The van der Waals surface area contributed by atoms with E-state index in [2.05, 4.69) is 5.10 Å². The standard InChI is InChI=1S/C10H11N3OS/c11-5-6-13-10(14)4-3-8(12-13)9-2-1-7-15-9/h1-4,7H,5-6,11H2. The first-order valence-corrected chi connectivity index (χ1v) is 5.51. The predicted molar refractivity (Wildman–Crippen MR) is 60.9 cm³/mol. The molecule has 0 aromatic carbocycles. The summed E-state index contributed by atoms with van der Waals surface area (Å²) in [5.74, 6) is 0. The molecule has 2 aromatic rings. The molecule has 0 aliphatic rings. The zero-order valence-electron chi connectivity index (χ0n) is 8.09. The first kappa shape index (κ1) is 10.1. The third-order valence-corrected chi connectivity index (χ3v) is 2.87. The normalized spacial score (nSPS) is 10.5. The lowest BCUT2D eigenvalue weighted by Gasteiger charge is -2.03. The second-order valence-corrected chi connectivity index (χ2v) is 3.99. The highest BCUT2D eigenvalue weighted by atomic mass is 32.1. The lowest BCUT2D eigenvalue weighted by Crippen LogP contribution is -2.25. The van der Waals surface area contributed by atoms with E-state index in [9.17, 15) is 4.79 Å². The summed E-state index contributed by atoms with van der Waals surface area (Å²) >= 11 is 1.60. The van der Waals surface area contributed by atoms with E-state index in [-0.39, 0.29) is 5.56 Å². The Kier molecular flexibility index (Phi) is 2.94. The van der Waals surface area contributed by atoms with Gasteiger partial charge in [-0.15, -0.1) is 11.3 Å². The van der Waals surface area contributed by atoms with Gasteiger partial charge in [0.2, 0.25) is 0 Å². The number of aromatic nitrogens is 2. The van der Waals surface area contributed by atoms with Crippen molar-refractivity contribution in [3.05, 3.63) is 40.0 Å². The molecule has 0 aliphatic heterocycles. The van der Waals surface area contributed by atoms with Crippen LogP contribution < -0.4 is 11.3 Å². The molecule has 0 spiro atoms. The lowest BCUT2D eigenvalue weighted by molar-refractivity contribution is 0.590. The van der Waals surface area contributed by atoms with E-state index in [0.717, 1.165) is 10.6 Å². The fraction of sp³-hybridized carbons (Fsp3) is 0.200. The molecule has 0 amide bonds. The number of thiophene rings is 1. The quantitative estimate of drug-likeness (QED) is 0.838. The summed E-state index contributed by atoms with van der Waals surface area (Å²) < 4.78 is 1.40. The van der Waals surface area contributed by atoms with Crippen molar-refractivity contribution >= 4 is 11.3 Å². The molecule has 0 radical (unpaired) electrons. The lowest BCUT2D eigenvalue weighted by atomic mass is 10.3. The second-order valence-electron chi connectivity index (χ2n) is 3.05. The average Bonchev–Trinajstić information content (AvgIpc) is 2.75. The summed E-state index contributed by atoms with van der Waals surface area (Å²) in [7, 11) is 0. The van der Waals surface area contributed by atoms with Crippen molar-refractivity contribution in [3.63, 3.8) is 0 Å². The van der Waals surface area contributed by atoms with Crippen LogP contribution >= 0.6 is 11.3 Å². The Morgan fingerprint density at radius 1 is 1.40 bits per heavy atom. The molecule has 78 valence electrons. The van der Waals surface area contributed by atoms with Gasteiger partial charge >= 0.3 is 0 Å². The number of rotatable bonds is 3. The molecule has 0 saturated heterocycles. The summed E-state index contributed by atoms with van der Waals surface area (Å²) in [6.07, 6.45) is 0. The van der Waals surface area contributed by atoms with Crippen molar-refractivity contribution in [3.8, 4) is 10.6 Å². The van der Waals surface area contributed by atoms with Crippen LogP contribution in [0.4, 0.5) is 0 Å². The van der Waals surface area contributed by atoms with Crippen molar-refractivity contribution in [1.29, 1.82) is 0 Å². The summed E-state index contributed by atoms with van der Waals surface area (Å²) in [6.45, 7) is 0.874. The number of nitrogens with two attached hydrogens (primary N) is 1. The molecule has 2 rings (SSSR count). The van der Waals surface area contributed by atoms with Crippen LogP contribution in [-0.2, 0) is 6.54 Å². The highest BCUT2D eigenvalue weighted by molar-refractivity contribution is 7.13. The van der Waals surface area contributed by atoms with Crippen LogP contribution in [0.3, 0.4) is 0 Å². The Morgan fingerprint density at radius 2 is 2.27 bits per heavy atom. The molecule has 5 heteroatoms. The molecule has 0 unspecified atom stereocenters. The third-order valence-electron chi connectivity index (χ3n) is 1.98. The van der Waals surface area contributed by atoms with Crippen molar-refractivity contribution in [2.75, 3.05) is 6.54 Å². The Labute approximate surface area is 91.0 Å². The Balaban J connectivity index is 2.43. The molecule has 15 heavy (non-hydrogen) atoms. The molecule has 4 nitrogen and oxygen atoms in total. The maximum atomic E-state index is 11.4. The molecule has 0 fully saturated rings. The van der Waals surface area contributed by atoms with Gasteiger partial charge in [0, 0.05) is 12.6 Å². The van der Waals surface area contributed by atoms with Crippen LogP contribution in [0.5, 0.6) is 0 Å². The van der Waals surface area contributed by atoms with Crippen molar-refractivity contribution < 1.29 is 0 Å². The average molecular weight is 221 g/mol. The van der Waals surface area contributed by atoms with Gasteiger partial charge in [-0.1, -0.05) is 6.07 Å². The van der Waals surface area contributed by atoms with Gasteiger partial charge in [-0.25, -0.2) is 4.68 Å². The minimum Gasteiger partial charge on any atom is -0.329 e. The molecule has 0 atom stereocenters. The van der Waals surface area contributed by atoms with E-state index in [4.69, 9.17) is 5.73 Å². The largest absolute Gasteiger partial charge is 0.329 e. The highest BCUT2D eigenvalue weighted by Gasteiger charge is 2.02. The summed E-state index contributed by atoms with van der Waals surface area (Å²) in [4.78, 5) is 12.4. The molecule has 0 saturated carbocycles. The van der Waals surface area contributed by atoms with Gasteiger partial charge in [0.1, 0.15) is 5.69 Å². The molecule has 0 aliphatic carbocycles. The molecule has 2 N–H and O–H groups in total. The van der Waals surface area contributed by atoms with Crippen molar-refractivity contribution in [2.45, 2.75) is 6.54 Å². The van der Waals surface area contributed by atoms with E-state index in [1.807, 2.05) is 17.5 Å². The van der Waals surface area contributed by atoms with Gasteiger partial charge in [0.05, 0.1) is 11.4 Å². The molecular weight excluding hydrogens is 210 g/mol. The van der Waals surface area contributed by atoms with Crippen LogP contribution in [0.15, 0.2) is 34.4 Å². The first-order valence-electron chi connectivity index (χ1n) is 4.63. The number of hydrogen-bond donors (Lipinski definition) is 1. The highest BCUT2D eigenvalue weighted by Crippen LogP contribution is 2.20. The fourth-order valence-electron chi connectivity index (χ4n) is 1.29. The van der Waals surface area contributed by atoms with Crippen molar-refractivity contribution in [1.82, 2.24) is 9.78 Å². The monoisotopic (exact) mass is 221 g/mol. The molecule has 2 aromatic heterocycles. The summed E-state index contributed by atoms with van der Waals surface area (Å²) in [5.41, 5.74) is 6.11. The zero-order chi connectivity index (χ0) is 10.7. The van der Waals surface area contributed by atoms with Gasteiger partial charge in [0.15, 0.2) is 0 Å². The van der Waals surface area contributed by atoms with Crippen LogP contribution in [0.1, 0.15) is 0 Å². The predicted octanol–water partition coefficient (Wildman–Crippen LogP) is 0.930. The topological polar surface area (TPSA) is 60.9 Å². The Morgan fingerprint density at radius 3 is 2.93 bits per heavy atom. The van der Waals surface area contributed by atoms with Gasteiger partial charge in [-0.05, 0) is 17.5 Å². The molecule has 2 heterocycles.